The highest BCUT2D eigenvalue weighted by Crippen LogP contribution is 2.47. The van der Waals surface area contributed by atoms with Crippen molar-refractivity contribution in [1.29, 1.82) is 0 Å². The first kappa shape index (κ1) is 15.8. The van der Waals surface area contributed by atoms with Gasteiger partial charge in [-0.2, -0.15) is 0 Å². The fourth-order valence-corrected chi connectivity index (χ4v) is 7.83. The van der Waals surface area contributed by atoms with Gasteiger partial charge < -0.3 is 10.2 Å². The van der Waals surface area contributed by atoms with Crippen LogP contribution in [0.2, 0.25) is 0 Å². The van der Waals surface area contributed by atoms with E-state index in [-0.39, 0.29) is 18.0 Å². The lowest BCUT2D eigenvalue weighted by molar-refractivity contribution is 0.209. The van der Waals surface area contributed by atoms with Crippen LogP contribution in [-0.2, 0) is 9.83 Å². The van der Waals surface area contributed by atoms with Crippen molar-refractivity contribution < 1.29 is 14.4 Å². The van der Waals surface area contributed by atoms with E-state index < -0.39 is 14.6 Å². The fraction of sp³-hybridized carbons (Fsp3) is 1.00. The number of hydrogen-bond donors (Lipinski definition) is 2. The van der Waals surface area contributed by atoms with Crippen LogP contribution in [0.5, 0.6) is 0 Å². The molecule has 0 aromatic carbocycles. The Morgan fingerprint density at radius 1 is 0.842 bits per heavy atom. The highest BCUT2D eigenvalue weighted by atomic mass is 33.1. The molecule has 0 spiro atoms. The molecule has 0 bridgehead atoms. The van der Waals surface area contributed by atoms with Crippen LogP contribution in [0.3, 0.4) is 0 Å². The van der Waals surface area contributed by atoms with Gasteiger partial charge >= 0.3 is 0 Å². The summed E-state index contributed by atoms with van der Waals surface area (Å²) < 4.78 is 12.2. The van der Waals surface area contributed by atoms with Gasteiger partial charge in [-0.05, 0) is 25.7 Å². The monoisotopic (exact) mass is 306 g/mol. The maximum atomic E-state index is 12.8. The molecule has 0 amide bonds. The lowest BCUT2D eigenvalue weighted by atomic mass is 9.89. The van der Waals surface area contributed by atoms with Crippen molar-refractivity contribution in [3.63, 3.8) is 0 Å². The third-order valence-electron chi connectivity index (χ3n) is 4.71. The summed E-state index contributed by atoms with van der Waals surface area (Å²) in [5, 5.41) is 19.5. The number of aliphatic hydroxyl groups excluding tert-OH is 2. The molecule has 2 N–H and O–H groups in total. The first-order valence-electron chi connectivity index (χ1n) is 7.50. The number of hydrogen-bond acceptors (Lipinski definition) is 4. The minimum absolute atomic E-state index is 0.0219. The molecule has 3 nitrogen and oxygen atoms in total. The van der Waals surface area contributed by atoms with Gasteiger partial charge in [-0.25, -0.2) is 4.21 Å². The Hall–Kier alpha value is 0.420. The summed E-state index contributed by atoms with van der Waals surface area (Å²) in [6, 6.07) is 0. The third-order valence-corrected chi connectivity index (χ3v) is 9.57. The Kier molecular flexibility index (Phi) is 5.76. The van der Waals surface area contributed by atoms with E-state index in [1.807, 2.05) is 0 Å². The largest absolute Gasteiger partial charge is 0.395 e. The predicted octanol–water partition coefficient (Wildman–Crippen LogP) is 2.77. The third kappa shape index (κ3) is 3.55. The van der Waals surface area contributed by atoms with Crippen molar-refractivity contribution in [3.05, 3.63) is 0 Å². The summed E-state index contributed by atoms with van der Waals surface area (Å²) in [6.45, 7) is 0.138. The smallest absolute Gasteiger partial charge is 0.0896 e. The molecule has 0 aliphatic heterocycles. The summed E-state index contributed by atoms with van der Waals surface area (Å²) in [5.74, 6) is 0. The predicted molar refractivity (Wildman–Crippen MR) is 81.5 cm³/mol. The van der Waals surface area contributed by atoms with E-state index in [1.54, 1.807) is 0 Å². The van der Waals surface area contributed by atoms with E-state index >= 15 is 0 Å². The second-order valence-corrected chi connectivity index (χ2v) is 9.90. The summed E-state index contributed by atoms with van der Waals surface area (Å²) in [7, 11) is 0.365. The quantitative estimate of drug-likeness (QED) is 0.767. The molecular weight excluding hydrogens is 280 g/mol. The average Bonchev–Trinajstić information content (AvgIpc) is 2.48. The van der Waals surface area contributed by atoms with Crippen LogP contribution < -0.4 is 0 Å². The minimum Gasteiger partial charge on any atom is -0.395 e. The first-order chi connectivity index (χ1) is 9.16. The van der Waals surface area contributed by atoms with E-state index in [9.17, 15) is 14.4 Å². The molecule has 0 heterocycles. The summed E-state index contributed by atoms with van der Waals surface area (Å²) in [6.07, 6.45) is 10.4. The van der Waals surface area contributed by atoms with Crippen LogP contribution in [-0.4, -0.2) is 37.1 Å². The van der Waals surface area contributed by atoms with Gasteiger partial charge in [0.25, 0.3) is 0 Å². The zero-order valence-electron chi connectivity index (χ0n) is 11.6. The maximum absolute atomic E-state index is 12.8. The van der Waals surface area contributed by atoms with E-state index in [1.165, 1.54) is 23.6 Å². The van der Waals surface area contributed by atoms with Gasteiger partial charge in [-0.3, -0.25) is 0 Å². The Morgan fingerprint density at radius 2 is 1.37 bits per heavy atom. The zero-order chi connectivity index (χ0) is 13.8. The highest BCUT2D eigenvalue weighted by molar-refractivity contribution is 8.70. The number of aliphatic hydroxyl groups is 2. The lowest BCUT2D eigenvalue weighted by Crippen LogP contribution is -2.42. The molecule has 2 fully saturated rings. The molecule has 5 heteroatoms. The van der Waals surface area contributed by atoms with E-state index in [4.69, 9.17) is 0 Å². The Bertz CT molecular complexity index is 308. The molecule has 1 unspecified atom stereocenters. The van der Waals surface area contributed by atoms with Crippen molar-refractivity contribution >= 4 is 20.6 Å². The topological polar surface area (TPSA) is 57.5 Å². The first-order valence-corrected chi connectivity index (χ1v) is 9.98. The number of rotatable bonds is 5. The Balaban J connectivity index is 2.05. The molecule has 0 aromatic rings. The zero-order valence-corrected chi connectivity index (χ0v) is 13.2. The van der Waals surface area contributed by atoms with E-state index in [2.05, 4.69) is 0 Å². The van der Waals surface area contributed by atoms with Crippen LogP contribution in [0.25, 0.3) is 0 Å². The minimum atomic E-state index is -1.10. The van der Waals surface area contributed by atoms with Crippen LogP contribution in [0, 0.1) is 0 Å². The van der Waals surface area contributed by atoms with Crippen molar-refractivity contribution in [2.45, 2.75) is 73.7 Å². The van der Waals surface area contributed by atoms with E-state index in [0.717, 1.165) is 51.4 Å². The van der Waals surface area contributed by atoms with Crippen LogP contribution in [0.4, 0.5) is 0 Å². The molecule has 1 atom stereocenters. The van der Waals surface area contributed by atoms with Gasteiger partial charge in [0.1, 0.15) is 0 Å². The van der Waals surface area contributed by atoms with Crippen molar-refractivity contribution in [1.82, 2.24) is 0 Å². The van der Waals surface area contributed by atoms with Crippen molar-refractivity contribution in [3.8, 4) is 0 Å². The van der Waals surface area contributed by atoms with Gasteiger partial charge in [-0.15, -0.1) is 0 Å². The lowest BCUT2D eigenvalue weighted by Gasteiger charge is -2.40. The van der Waals surface area contributed by atoms with Crippen LogP contribution in [0.15, 0.2) is 0 Å². The standard InChI is InChI=1S/C14H26O3S2/c15-11-13(7-3-1-4-8-13)18-19(17)14(12-16)9-5-2-6-10-14/h15-16H,1-12H2. The summed E-state index contributed by atoms with van der Waals surface area (Å²) in [4.78, 5) is 0. The Morgan fingerprint density at radius 3 is 1.84 bits per heavy atom. The molecule has 19 heavy (non-hydrogen) atoms. The molecule has 2 aliphatic rings. The molecule has 0 aromatic heterocycles. The average molecular weight is 306 g/mol. The van der Waals surface area contributed by atoms with Crippen molar-refractivity contribution in [2.75, 3.05) is 13.2 Å². The van der Waals surface area contributed by atoms with Gasteiger partial charge in [0, 0.05) is 0 Å². The fourth-order valence-electron chi connectivity index (χ4n) is 3.29. The maximum Gasteiger partial charge on any atom is 0.0896 e. The summed E-state index contributed by atoms with van der Waals surface area (Å²) in [5.41, 5.74) is 0. The second kappa shape index (κ2) is 6.92. The molecule has 112 valence electrons. The SMILES string of the molecule is O=S(SC1(CO)CCCCC1)C1(CO)CCCCC1. The summed E-state index contributed by atoms with van der Waals surface area (Å²) >= 11 is 0. The molecule has 0 radical (unpaired) electrons. The van der Waals surface area contributed by atoms with Crippen LogP contribution in [0.1, 0.15) is 64.2 Å². The van der Waals surface area contributed by atoms with Crippen LogP contribution >= 0.6 is 10.8 Å². The highest BCUT2D eigenvalue weighted by Gasteiger charge is 2.43. The van der Waals surface area contributed by atoms with Gasteiger partial charge in [0.05, 0.1) is 32.5 Å². The normalized spacial score (nSPS) is 27.9. The second-order valence-electron chi connectivity index (χ2n) is 6.12. The molecular formula is C14H26O3S2. The van der Waals surface area contributed by atoms with Crippen molar-refractivity contribution in [2.24, 2.45) is 0 Å². The van der Waals surface area contributed by atoms with Gasteiger partial charge in [0.2, 0.25) is 0 Å². The molecule has 0 saturated heterocycles. The molecule has 2 saturated carbocycles. The Labute approximate surface area is 122 Å². The van der Waals surface area contributed by atoms with Gasteiger partial charge in [-0.1, -0.05) is 49.3 Å². The van der Waals surface area contributed by atoms with Gasteiger partial charge in [0.15, 0.2) is 0 Å². The van der Waals surface area contributed by atoms with E-state index in [0.29, 0.717) is 0 Å². The molecule has 2 rings (SSSR count). The molecule has 2 aliphatic carbocycles.